The molecule has 0 radical (unpaired) electrons. The number of hydrogen-bond acceptors (Lipinski definition) is 4. The highest BCUT2D eigenvalue weighted by Gasteiger charge is 2.20. The van der Waals surface area contributed by atoms with Crippen LogP contribution in [0, 0.1) is 18.8 Å². The standard InChI is InChI=1S/C16H28N4/c1-4-9-17-15-10-16(20-13(3)19-15)18-11-14-8-6-5-7-12(14)2/h10,12,14H,4-9,11H2,1-3H3,(H2,17,18,19,20). The largest absolute Gasteiger partial charge is 0.370 e. The first-order valence-electron chi connectivity index (χ1n) is 8.02. The van der Waals surface area contributed by atoms with Gasteiger partial charge >= 0.3 is 0 Å². The van der Waals surface area contributed by atoms with Gasteiger partial charge in [-0.2, -0.15) is 0 Å². The molecule has 1 aromatic rings. The van der Waals surface area contributed by atoms with E-state index < -0.39 is 0 Å². The van der Waals surface area contributed by atoms with Gasteiger partial charge in [-0.3, -0.25) is 0 Å². The van der Waals surface area contributed by atoms with Gasteiger partial charge in [0.05, 0.1) is 0 Å². The van der Waals surface area contributed by atoms with Crippen LogP contribution >= 0.6 is 0 Å². The third-order valence-corrected chi connectivity index (χ3v) is 4.23. The van der Waals surface area contributed by atoms with E-state index in [0.717, 1.165) is 48.8 Å². The minimum Gasteiger partial charge on any atom is -0.370 e. The van der Waals surface area contributed by atoms with E-state index in [-0.39, 0.29) is 0 Å². The second-order valence-electron chi connectivity index (χ2n) is 6.02. The molecule has 0 bridgehead atoms. The predicted molar refractivity (Wildman–Crippen MR) is 85.2 cm³/mol. The maximum Gasteiger partial charge on any atom is 0.131 e. The topological polar surface area (TPSA) is 49.8 Å². The van der Waals surface area contributed by atoms with Crippen LogP contribution in [0.3, 0.4) is 0 Å². The molecular weight excluding hydrogens is 248 g/mol. The van der Waals surface area contributed by atoms with Crippen molar-refractivity contribution in [2.24, 2.45) is 11.8 Å². The van der Waals surface area contributed by atoms with Gasteiger partial charge in [0.25, 0.3) is 0 Å². The fourth-order valence-corrected chi connectivity index (χ4v) is 2.93. The van der Waals surface area contributed by atoms with Crippen LogP contribution < -0.4 is 10.6 Å². The Morgan fingerprint density at radius 1 is 1.15 bits per heavy atom. The lowest BCUT2D eigenvalue weighted by molar-refractivity contribution is 0.268. The monoisotopic (exact) mass is 276 g/mol. The molecule has 0 amide bonds. The van der Waals surface area contributed by atoms with Gasteiger partial charge in [0.1, 0.15) is 17.5 Å². The van der Waals surface area contributed by atoms with Crippen molar-refractivity contribution in [3.8, 4) is 0 Å². The zero-order chi connectivity index (χ0) is 14.4. The Morgan fingerprint density at radius 2 is 1.85 bits per heavy atom. The summed E-state index contributed by atoms with van der Waals surface area (Å²) in [7, 11) is 0. The minimum absolute atomic E-state index is 0.783. The average Bonchev–Trinajstić information content (AvgIpc) is 2.44. The lowest BCUT2D eigenvalue weighted by Gasteiger charge is -2.29. The van der Waals surface area contributed by atoms with Gasteiger partial charge in [-0.25, -0.2) is 9.97 Å². The van der Waals surface area contributed by atoms with E-state index in [2.05, 4.69) is 34.4 Å². The molecule has 0 aromatic carbocycles. The zero-order valence-electron chi connectivity index (χ0n) is 13.1. The molecular formula is C16H28N4. The summed E-state index contributed by atoms with van der Waals surface area (Å²) in [5, 5.41) is 6.84. The van der Waals surface area contributed by atoms with Crippen molar-refractivity contribution in [1.29, 1.82) is 0 Å². The maximum atomic E-state index is 4.49. The zero-order valence-corrected chi connectivity index (χ0v) is 13.1. The molecule has 0 spiro atoms. The summed E-state index contributed by atoms with van der Waals surface area (Å²) in [6.45, 7) is 8.47. The Labute approximate surface area is 122 Å². The summed E-state index contributed by atoms with van der Waals surface area (Å²) >= 11 is 0. The number of nitrogens with zero attached hydrogens (tertiary/aromatic N) is 2. The summed E-state index contributed by atoms with van der Waals surface area (Å²) in [5.41, 5.74) is 0. The second-order valence-corrected chi connectivity index (χ2v) is 6.02. The predicted octanol–water partition coefficient (Wildman–Crippen LogP) is 3.85. The molecule has 1 aliphatic rings. The van der Waals surface area contributed by atoms with Gasteiger partial charge in [0.2, 0.25) is 0 Å². The summed E-state index contributed by atoms with van der Waals surface area (Å²) in [4.78, 5) is 8.91. The molecule has 4 heteroatoms. The summed E-state index contributed by atoms with van der Waals surface area (Å²) in [6.07, 6.45) is 6.60. The smallest absolute Gasteiger partial charge is 0.131 e. The highest BCUT2D eigenvalue weighted by Crippen LogP contribution is 2.29. The van der Waals surface area contributed by atoms with E-state index >= 15 is 0 Å². The fourth-order valence-electron chi connectivity index (χ4n) is 2.93. The summed E-state index contributed by atoms with van der Waals surface area (Å²) in [5.74, 6) is 4.32. The van der Waals surface area contributed by atoms with E-state index in [4.69, 9.17) is 0 Å². The summed E-state index contributed by atoms with van der Waals surface area (Å²) in [6, 6.07) is 2.02. The number of anilines is 2. The molecule has 1 heterocycles. The van der Waals surface area contributed by atoms with Gasteiger partial charge in [0.15, 0.2) is 0 Å². The number of aryl methyl sites for hydroxylation is 1. The molecule has 1 aromatic heterocycles. The lowest BCUT2D eigenvalue weighted by Crippen LogP contribution is -2.24. The average molecular weight is 276 g/mol. The number of rotatable bonds is 6. The van der Waals surface area contributed by atoms with Crippen molar-refractivity contribution in [2.75, 3.05) is 23.7 Å². The highest BCUT2D eigenvalue weighted by atomic mass is 15.1. The first kappa shape index (κ1) is 15.1. The molecule has 1 fully saturated rings. The molecule has 2 unspecified atom stereocenters. The molecule has 2 rings (SSSR count). The Bertz CT molecular complexity index is 419. The van der Waals surface area contributed by atoms with E-state index in [1.54, 1.807) is 0 Å². The van der Waals surface area contributed by atoms with Crippen LogP contribution in [0.4, 0.5) is 11.6 Å². The van der Waals surface area contributed by atoms with Gasteiger partial charge in [0, 0.05) is 19.2 Å². The Morgan fingerprint density at radius 3 is 2.55 bits per heavy atom. The van der Waals surface area contributed by atoms with Gasteiger partial charge in [-0.1, -0.05) is 33.1 Å². The molecule has 2 N–H and O–H groups in total. The van der Waals surface area contributed by atoms with E-state index in [1.165, 1.54) is 25.7 Å². The third kappa shape index (κ3) is 4.36. The molecule has 2 atom stereocenters. The van der Waals surface area contributed by atoms with Crippen molar-refractivity contribution in [3.63, 3.8) is 0 Å². The van der Waals surface area contributed by atoms with Crippen molar-refractivity contribution in [2.45, 2.75) is 52.9 Å². The van der Waals surface area contributed by atoms with E-state index in [9.17, 15) is 0 Å². The summed E-state index contributed by atoms with van der Waals surface area (Å²) < 4.78 is 0. The normalized spacial score (nSPS) is 22.6. The second kappa shape index (κ2) is 7.46. The Balaban J connectivity index is 1.92. The molecule has 4 nitrogen and oxygen atoms in total. The number of aromatic nitrogens is 2. The molecule has 112 valence electrons. The molecule has 0 saturated heterocycles. The van der Waals surface area contributed by atoms with E-state index in [1.807, 2.05) is 13.0 Å². The van der Waals surface area contributed by atoms with Crippen molar-refractivity contribution < 1.29 is 0 Å². The first-order valence-corrected chi connectivity index (χ1v) is 8.02. The lowest BCUT2D eigenvalue weighted by atomic mass is 9.80. The van der Waals surface area contributed by atoms with Gasteiger partial charge in [-0.15, -0.1) is 0 Å². The quantitative estimate of drug-likeness (QED) is 0.828. The fraction of sp³-hybridized carbons (Fsp3) is 0.750. The van der Waals surface area contributed by atoms with Gasteiger partial charge in [-0.05, 0) is 31.6 Å². The van der Waals surface area contributed by atoms with Gasteiger partial charge < -0.3 is 10.6 Å². The number of nitrogens with one attached hydrogen (secondary N) is 2. The molecule has 20 heavy (non-hydrogen) atoms. The minimum atomic E-state index is 0.783. The van der Waals surface area contributed by atoms with Crippen LogP contribution in [0.5, 0.6) is 0 Å². The molecule has 1 aliphatic carbocycles. The van der Waals surface area contributed by atoms with Crippen LogP contribution in [0.25, 0.3) is 0 Å². The third-order valence-electron chi connectivity index (χ3n) is 4.23. The van der Waals surface area contributed by atoms with Crippen molar-refractivity contribution >= 4 is 11.6 Å². The molecule has 0 aliphatic heterocycles. The van der Waals surface area contributed by atoms with Crippen molar-refractivity contribution in [1.82, 2.24) is 9.97 Å². The highest BCUT2D eigenvalue weighted by molar-refractivity contribution is 5.47. The Kier molecular flexibility index (Phi) is 5.62. The van der Waals surface area contributed by atoms with E-state index in [0.29, 0.717) is 0 Å². The van der Waals surface area contributed by atoms with Crippen molar-refractivity contribution in [3.05, 3.63) is 11.9 Å². The van der Waals surface area contributed by atoms with Crippen LogP contribution in [-0.2, 0) is 0 Å². The SMILES string of the molecule is CCCNc1cc(NCC2CCCCC2C)nc(C)n1. The number of hydrogen-bond donors (Lipinski definition) is 2. The molecule has 1 saturated carbocycles. The van der Waals surface area contributed by atoms with Crippen LogP contribution in [0.1, 0.15) is 51.8 Å². The van der Waals surface area contributed by atoms with Crippen LogP contribution in [0.2, 0.25) is 0 Å². The van der Waals surface area contributed by atoms with Crippen LogP contribution in [-0.4, -0.2) is 23.1 Å². The van der Waals surface area contributed by atoms with Crippen LogP contribution in [0.15, 0.2) is 6.07 Å². The first-order chi connectivity index (χ1) is 9.69. The Hall–Kier alpha value is -1.32. The maximum absolute atomic E-state index is 4.49.